The molecule has 90 valence electrons. The number of para-hydroxylation sites is 1. The normalized spacial score (nSPS) is 15.2. The Hall–Kier alpha value is -1.88. The van der Waals surface area contributed by atoms with E-state index in [9.17, 15) is 9.59 Å². The maximum atomic E-state index is 11.6. The van der Waals surface area contributed by atoms with Crippen LogP contribution in [0.4, 0.5) is 10.5 Å². The van der Waals surface area contributed by atoms with Crippen molar-refractivity contribution in [2.45, 2.75) is 13.5 Å². The molecule has 0 radical (unpaired) electrons. The van der Waals surface area contributed by atoms with Crippen molar-refractivity contribution in [1.29, 1.82) is 0 Å². The second kappa shape index (κ2) is 4.97. The van der Waals surface area contributed by atoms with Gasteiger partial charge < -0.3 is 10.6 Å². The van der Waals surface area contributed by atoms with Gasteiger partial charge in [0.1, 0.15) is 0 Å². The number of amides is 3. The first-order chi connectivity index (χ1) is 8.24. The van der Waals surface area contributed by atoms with Crippen molar-refractivity contribution in [1.82, 2.24) is 10.6 Å². The van der Waals surface area contributed by atoms with Gasteiger partial charge in [-0.1, -0.05) is 25.1 Å². The molecule has 1 aromatic rings. The highest BCUT2D eigenvalue weighted by Crippen LogP contribution is 2.22. The average molecular weight is 233 g/mol. The minimum Gasteiger partial charge on any atom is -0.328 e. The van der Waals surface area contributed by atoms with Gasteiger partial charge in [0.05, 0.1) is 12.2 Å². The third-order valence-corrected chi connectivity index (χ3v) is 2.64. The first kappa shape index (κ1) is 11.6. The Balaban J connectivity index is 2.30. The number of rotatable bonds is 4. The van der Waals surface area contributed by atoms with E-state index in [1.54, 1.807) is 6.07 Å². The molecule has 1 heterocycles. The highest BCUT2D eigenvalue weighted by atomic mass is 16.2. The first-order valence-electron chi connectivity index (χ1n) is 5.63. The largest absolute Gasteiger partial charge is 0.329 e. The van der Waals surface area contributed by atoms with Gasteiger partial charge in [-0.25, -0.2) is 9.69 Å². The van der Waals surface area contributed by atoms with Crippen LogP contribution >= 0.6 is 0 Å². The van der Waals surface area contributed by atoms with Crippen molar-refractivity contribution in [3.63, 3.8) is 0 Å². The molecular weight excluding hydrogens is 218 g/mol. The molecule has 1 aliphatic rings. The Morgan fingerprint density at radius 3 is 2.76 bits per heavy atom. The van der Waals surface area contributed by atoms with E-state index in [0.717, 1.165) is 12.1 Å². The van der Waals surface area contributed by atoms with Crippen LogP contribution in [-0.2, 0) is 11.3 Å². The molecule has 2 N–H and O–H groups in total. The molecule has 0 unspecified atom stereocenters. The van der Waals surface area contributed by atoms with Crippen LogP contribution in [0, 0.1) is 0 Å². The number of anilines is 1. The molecule has 0 aromatic heterocycles. The molecule has 3 amide bonds. The lowest BCUT2D eigenvalue weighted by Gasteiger charge is -2.17. The Labute approximate surface area is 99.8 Å². The minimum atomic E-state index is -0.348. The second-order valence-electron chi connectivity index (χ2n) is 3.80. The van der Waals surface area contributed by atoms with Crippen LogP contribution in [-0.4, -0.2) is 25.0 Å². The van der Waals surface area contributed by atoms with E-state index in [4.69, 9.17) is 0 Å². The number of hydrogen-bond acceptors (Lipinski definition) is 3. The van der Waals surface area contributed by atoms with Gasteiger partial charge in [0.25, 0.3) is 5.91 Å². The summed E-state index contributed by atoms with van der Waals surface area (Å²) in [6, 6.07) is 7.07. The fraction of sp³-hybridized carbons (Fsp3) is 0.333. The summed E-state index contributed by atoms with van der Waals surface area (Å²) in [6.07, 6.45) is 0. The average Bonchev–Trinajstić information content (AvgIpc) is 2.67. The van der Waals surface area contributed by atoms with Crippen LogP contribution in [0.5, 0.6) is 0 Å². The van der Waals surface area contributed by atoms with Gasteiger partial charge in [0.15, 0.2) is 0 Å². The molecule has 5 heteroatoms. The number of carbonyl (C=O) groups excluding carboxylic acids is 2. The van der Waals surface area contributed by atoms with Gasteiger partial charge in [-0.05, 0) is 18.2 Å². The number of benzene rings is 1. The number of hydrogen-bond donors (Lipinski definition) is 2. The second-order valence-corrected chi connectivity index (χ2v) is 3.80. The highest BCUT2D eigenvalue weighted by Gasteiger charge is 2.31. The maximum Gasteiger partial charge on any atom is 0.329 e. The summed E-state index contributed by atoms with van der Waals surface area (Å²) in [5.41, 5.74) is 1.60. The summed E-state index contributed by atoms with van der Waals surface area (Å²) in [6.45, 7) is 3.57. The maximum absolute atomic E-state index is 11.6. The Kier molecular flexibility index (Phi) is 3.39. The zero-order valence-electron chi connectivity index (χ0n) is 9.69. The van der Waals surface area contributed by atoms with Crippen molar-refractivity contribution >= 4 is 17.6 Å². The van der Waals surface area contributed by atoms with Gasteiger partial charge in [0.2, 0.25) is 0 Å². The van der Waals surface area contributed by atoms with Crippen molar-refractivity contribution in [3.8, 4) is 0 Å². The molecule has 5 nitrogen and oxygen atoms in total. The van der Waals surface area contributed by atoms with Crippen molar-refractivity contribution in [3.05, 3.63) is 29.8 Å². The van der Waals surface area contributed by atoms with Gasteiger partial charge in [-0.15, -0.1) is 0 Å². The van der Waals surface area contributed by atoms with Crippen molar-refractivity contribution in [2.24, 2.45) is 0 Å². The van der Waals surface area contributed by atoms with Crippen molar-refractivity contribution in [2.75, 3.05) is 18.0 Å². The number of imide groups is 1. The van der Waals surface area contributed by atoms with E-state index in [0.29, 0.717) is 12.2 Å². The predicted molar refractivity (Wildman–Crippen MR) is 64.7 cm³/mol. The number of carbonyl (C=O) groups is 2. The van der Waals surface area contributed by atoms with E-state index in [1.807, 2.05) is 25.1 Å². The third kappa shape index (κ3) is 2.29. The quantitative estimate of drug-likeness (QED) is 0.758. The van der Waals surface area contributed by atoms with E-state index in [1.165, 1.54) is 4.90 Å². The third-order valence-electron chi connectivity index (χ3n) is 2.64. The summed E-state index contributed by atoms with van der Waals surface area (Å²) in [7, 11) is 0. The van der Waals surface area contributed by atoms with Gasteiger partial charge in [-0.3, -0.25) is 4.79 Å². The van der Waals surface area contributed by atoms with Crippen LogP contribution in [0.3, 0.4) is 0 Å². The summed E-state index contributed by atoms with van der Waals surface area (Å²) in [5, 5.41) is 5.71. The SMILES string of the molecule is CCNCc1ccccc1N1C(=O)CNC1=O. The smallest absolute Gasteiger partial charge is 0.328 e. The zero-order chi connectivity index (χ0) is 12.3. The van der Waals surface area contributed by atoms with Gasteiger partial charge in [-0.2, -0.15) is 0 Å². The highest BCUT2D eigenvalue weighted by molar-refractivity contribution is 6.20. The number of nitrogens with one attached hydrogen (secondary N) is 2. The van der Waals surface area contributed by atoms with Crippen LogP contribution in [0.15, 0.2) is 24.3 Å². The molecule has 0 bridgehead atoms. The first-order valence-corrected chi connectivity index (χ1v) is 5.63. The molecule has 1 fully saturated rings. The molecule has 1 aromatic carbocycles. The fourth-order valence-electron chi connectivity index (χ4n) is 1.80. The molecule has 0 spiro atoms. The zero-order valence-corrected chi connectivity index (χ0v) is 9.69. The van der Waals surface area contributed by atoms with Crippen LogP contribution < -0.4 is 15.5 Å². The van der Waals surface area contributed by atoms with E-state index >= 15 is 0 Å². The summed E-state index contributed by atoms with van der Waals surface area (Å²) < 4.78 is 0. The number of urea groups is 1. The summed E-state index contributed by atoms with van der Waals surface area (Å²) in [5.74, 6) is -0.209. The summed E-state index contributed by atoms with van der Waals surface area (Å²) >= 11 is 0. The molecular formula is C12H15N3O2. The van der Waals surface area contributed by atoms with Crippen LogP contribution in [0.25, 0.3) is 0 Å². The minimum absolute atomic E-state index is 0.0778. The molecule has 1 aliphatic heterocycles. The lowest BCUT2D eigenvalue weighted by Crippen LogP contribution is -2.32. The van der Waals surface area contributed by atoms with Crippen LogP contribution in [0.1, 0.15) is 12.5 Å². The van der Waals surface area contributed by atoms with Crippen LogP contribution in [0.2, 0.25) is 0 Å². The Morgan fingerprint density at radius 1 is 1.35 bits per heavy atom. The van der Waals surface area contributed by atoms with E-state index < -0.39 is 0 Å². The molecule has 0 saturated carbocycles. The van der Waals surface area contributed by atoms with E-state index in [2.05, 4.69) is 10.6 Å². The number of nitrogens with zero attached hydrogens (tertiary/aromatic N) is 1. The molecule has 0 atom stereocenters. The van der Waals surface area contributed by atoms with Gasteiger partial charge in [0, 0.05) is 6.54 Å². The summed E-state index contributed by atoms with van der Waals surface area (Å²) in [4.78, 5) is 24.4. The lowest BCUT2D eigenvalue weighted by molar-refractivity contribution is -0.115. The lowest BCUT2D eigenvalue weighted by atomic mass is 10.1. The monoisotopic (exact) mass is 233 g/mol. The van der Waals surface area contributed by atoms with Gasteiger partial charge >= 0.3 is 6.03 Å². The standard InChI is InChI=1S/C12H15N3O2/c1-2-13-7-9-5-3-4-6-10(9)15-11(16)8-14-12(15)17/h3-6,13H,2,7-8H2,1H3,(H,14,17). The fourth-order valence-corrected chi connectivity index (χ4v) is 1.80. The Bertz CT molecular complexity index is 429. The molecule has 17 heavy (non-hydrogen) atoms. The Morgan fingerprint density at radius 2 is 2.12 bits per heavy atom. The molecule has 1 saturated heterocycles. The topological polar surface area (TPSA) is 61.4 Å². The molecule has 0 aliphatic carbocycles. The van der Waals surface area contributed by atoms with Crippen molar-refractivity contribution < 1.29 is 9.59 Å². The van der Waals surface area contributed by atoms with E-state index in [-0.39, 0.29) is 18.5 Å². The predicted octanol–water partition coefficient (Wildman–Crippen LogP) is 0.852. The molecule has 2 rings (SSSR count).